The van der Waals surface area contributed by atoms with E-state index in [9.17, 15) is 19.5 Å². The number of benzene rings is 1. The number of hydrogen-bond donors (Lipinski definition) is 2. The van der Waals surface area contributed by atoms with Crippen LogP contribution in [0.25, 0.3) is 0 Å². The van der Waals surface area contributed by atoms with Crippen LogP contribution >= 0.6 is 11.6 Å². The summed E-state index contributed by atoms with van der Waals surface area (Å²) in [5.74, 6) is -0.992. The van der Waals surface area contributed by atoms with Crippen LogP contribution in [0.15, 0.2) is 18.2 Å². The fourth-order valence-electron chi connectivity index (χ4n) is 4.29. The first-order valence-electron chi connectivity index (χ1n) is 9.50. The number of hydrogen-bond acceptors (Lipinski definition) is 3. The monoisotopic (exact) mass is 392 g/mol. The molecule has 1 aliphatic heterocycles. The molecule has 0 unspecified atom stereocenters. The zero-order valence-corrected chi connectivity index (χ0v) is 16.1. The van der Waals surface area contributed by atoms with Crippen LogP contribution in [0.1, 0.15) is 57.8 Å². The number of carboxylic acids is 1. The molecule has 0 spiro atoms. The van der Waals surface area contributed by atoms with E-state index in [1.807, 2.05) is 0 Å². The minimum Gasteiger partial charge on any atom is -0.481 e. The van der Waals surface area contributed by atoms with Crippen LogP contribution in [0.3, 0.4) is 0 Å². The predicted molar refractivity (Wildman–Crippen MR) is 104 cm³/mol. The summed E-state index contributed by atoms with van der Waals surface area (Å²) in [7, 11) is 0. The summed E-state index contributed by atoms with van der Waals surface area (Å²) < 4.78 is 0. The van der Waals surface area contributed by atoms with Gasteiger partial charge in [-0.05, 0) is 42.9 Å². The van der Waals surface area contributed by atoms with Crippen LogP contribution < -0.4 is 10.2 Å². The van der Waals surface area contributed by atoms with Crippen molar-refractivity contribution < 1.29 is 19.5 Å². The summed E-state index contributed by atoms with van der Waals surface area (Å²) in [4.78, 5) is 37.4. The molecule has 1 saturated carbocycles. The molecule has 2 fully saturated rings. The summed E-state index contributed by atoms with van der Waals surface area (Å²) in [6, 6.07) is 5.12. The average molecular weight is 393 g/mol. The van der Waals surface area contributed by atoms with Crippen LogP contribution in [-0.2, 0) is 14.4 Å². The first-order valence-corrected chi connectivity index (χ1v) is 9.88. The van der Waals surface area contributed by atoms with Crippen molar-refractivity contribution in [2.45, 2.75) is 57.8 Å². The van der Waals surface area contributed by atoms with Gasteiger partial charge in [0.1, 0.15) is 0 Å². The molecular weight excluding hydrogens is 368 g/mol. The molecule has 2 amide bonds. The van der Waals surface area contributed by atoms with Gasteiger partial charge in [-0.2, -0.15) is 0 Å². The molecule has 0 radical (unpaired) electrons. The molecule has 3 rings (SSSR count). The number of carbonyl (C=O) groups is 3. The Hall–Kier alpha value is -2.08. The van der Waals surface area contributed by atoms with Gasteiger partial charge in [0, 0.05) is 25.1 Å². The van der Waals surface area contributed by atoms with Crippen molar-refractivity contribution in [3.05, 3.63) is 23.2 Å². The second-order valence-electron chi connectivity index (χ2n) is 7.67. The lowest BCUT2D eigenvalue weighted by molar-refractivity contribution is -0.141. The highest BCUT2D eigenvalue weighted by Crippen LogP contribution is 2.42. The van der Waals surface area contributed by atoms with E-state index in [4.69, 9.17) is 11.6 Å². The lowest BCUT2D eigenvalue weighted by atomic mass is 9.69. The molecule has 1 aliphatic carbocycles. The molecule has 2 aliphatic rings. The van der Waals surface area contributed by atoms with Crippen molar-refractivity contribution in [1.29, 1.82) is 0 Å². The van der Waals surface area contributed by atoms with Crippen LogP contribution in [0.5, 0.6) is 0 Å². The molecule has 27 heavy (non-hydrogen) atoms. The van der Waals surface area contributed by atoms with Crippen molar-refractivity contribution >= 4 is 40.8 Å². The quantitative estimate of drug-likeness (QED) is 0.758. The van der Waals surface area contributed by atoms with Gasteiger partial charge in [0.25, 0.3) is 0 Å². The molecule has 146 valence electrons. The number of rotatable bonds is 6. The summed E-state index contributed by atoms with van der Waals surface area (Å²) in [6.07, 6.45) is 6.12. The van der Waals surface area contributed by atoms with Crippen molar-refractivity contribution in [3.8, 4) is 0 Å². The zero-order valence-electron chi connectivity index (χ0n) is 15.3. The van der Waals surface area contributed by atoms with Crippen molar-refractivity contribution in [1.82, 2.24) is 0 Å². The van der Waals surface area contributed by atoms with Crippen LogP contribution in [0.4, 0.5) is 11.4 Å². The fourth-order valence-corrected chi connectivity index (χ4v) is 4.57. The largest absolute Gasteiger partial charge is 0.481 e. The Bertz CT molecular complexity index is 743. The van der Waals surface area contributed by atoms with E-state index in [0.717, 1.165) is 38.5 Å². The first kappa shape index (κ1) is 19.7. The average Bonchev–Trinajstić information content (AvgIpc) is 3.00. The third-order valence-corrected chi connectivity index (χ3v) is 5.87. The Morgan fingerprint density at radius 3 is 2.48 bits per heavy atom. The fraction of sp³-hybridized carbons (Fsp3) is 0.550. The third kappa shape index (κ3) is 4.80. The second-order valence-corrected chi connectivity index (χ2v) is 8.08. The number of nitrogens with zero attached hydrogens (tertiary/aromatic N) is 1. The molecule has 1 saturated heterocycles. The molecule has 1 aromatic carbocycles. The van der Waals surface area contributed by atoms with E-state index in [2.05, 4.69) is 5.32 Å². The third-order valence-electron chi connectivity index (χ3n) is 5.57. The van der Waals surface area contributed by atoms with Gasteiger partial charge in [-0.1, -0.05) is 30.9 Å². The lowest BCUT2D eigenvalue weighted by Crippen LogP contribution is -2.32. The van der Waals surface area contributed by atoms with Gasteiger partial charge >= 0.3 is 5.97 Å². The van der Waals surface area contributed by atoms with E-state index in [1.165, 1.54) is 0 Å². The molecule has 6 nitrogen and oxygen atoms in total. The summed E-state index contributed by atoms with van der Waals surface area (Å²) in [6.45, 7) is 0.655. The summed E-state index contributed by atoms with van der Waals surface area (Å²) in [5, 5.41) is 12.5. The maximum Gasteiger partial charge on any atom is 0.303 e. The van der Waals surface area contributed by atoms with Crippen LogP contribution in [0, 0.1) is 5.41 Å². The Kier molecular flexibility index (Phi) is 6.05. The number of aliphatic carboxylic acids is 1. The number of anilines is 2. The number of amides is 2. The normalized spacial score (nSPS) is 19.1. The number of carbonyl (C=O) groups excluding carboxylic acids is 2. The van der Waals surface area contributed by atoms with E-state index < -0.39 is 11.4 Å². The van der Waals surface area contributed by atoms with Gasteiger partial charge < -0.3 is 15.3 Å². The number of halogens is 1. The van der Waals surface area contributed by atoms with Gasteiger partial charge in [-0.15, -0.1) is 0 Å². The Labute approximate surface area is 163 Å². The molecule has 1 aromatic rings. The second kappa shape index (κ2) is 8.30. The predicted octanol–water partition coefficient (Wildman–Crippen LogP) is 4.22. The van der Waals surface area contributed by atoms with Crippen molar-refractivity contribution in [2.24, 2.45) is 5.41 Å². The minimum atomic E-state index is -0.854. The molecular formula is C20H25ClN2O4. The van der Waals surface area contributed by atoms with Crippen molar-refractivity contribution in [3.63, 3.8) is 0 Å². The highest BCUT2D eigenvalue weighted by Gasteiger charge is 2.36. The van der Waals surface area contributed by atoms with Crippen molar-refractivity contribution in [2.75, 3.05) is 16.8 Å². The Balaban J connectivity index is 1.67. The molecule has 0 aromatic heterocycles. The van der Waals surface area contributed by atoms with Gasteiger partial charge in [0.05, 0.1) is 17.1 Å². The standard InChI is InChI=1S/C20H25ClN2O4/c21-15-11-14(6-7-16(15)23-10-4-5-18(23)25)22-17(24)12-20(13-19(26)27)8-2-1-3-9-20/h6-7,11H,1-5,8-10,12-13H2,(H,22,24)(H,26,27). The van der Waals surface area contributed by atoms with E-state index >= 15 is 0 Å². The molecule has 2 N–H and O–H groups in total. The maximum absolute atomic E-state index is 12.6. The minimum absolute atomic E-state index is 0.0250. The van der Waals surface area contributed by atoms with Gasteiger partial charge in [-0.3, -0.25) is 14.4 Å². The summed E-state index contributed by atoms with van der Waals surface area (Å²) in [5.41, 5.74) is 0.758. The topological polar surface area (TPSA) is 86.7 Å². The Morgan fingerprint density at radius 2 is 1.89 bits per heavy atom. The van der Waals surface area contributed by atoms with E-state index in [0.29, 0.717) is 29.4 Å². The first-order chi connectivity index (χ1) is 12.9. The number of nitrogens with one attached hydrogen (secondary N) is 1. The zero-order chi connectivity index (χ0) is 19.4. The molecule has 0 atom stereocenters. The highest BCUT2D eigenvalue weighted by atomic mass is 35.5. The van der Waals surface area contributed by atoms with Gasteiger partial charge in [0.2, 0.25) is 11.8 Å². The summed E-state index contributed by atoms with van der Waals surface area (Å²) >= 11 is 6.32. The smallest absolute Gasteiger partial charge is 0.303 e. The number of carboxylic acid groups (broad SMARTS) is 1. The van der Waals surface area contributed by atoms with E-state index in [-0.39, 0.29) is 24.7 Å². The SMILES string of the molecule is O=C(O)CC1(CC(=O)Nc2ccc(N3CCCC3=O)c(Cl)c2)CCCCC1. The van der Waals surface area contributed by atoms with Gasteiger partial charge in [-0.25, -0.2) is 0 Å². The van der Waals surface area contributed by atoms with E-state index in [1.54, 1.807) is 23.1 Å². The molecule has 1 heterocycles. The van der Waals surface area contributed by atoms with Crippen LogP contribution in [0.2, 0.25) is 5.02 Å². The maximum atomic E-state index is 12.6. The highest BCUT2D eigenvalue weighted by molar-refractivity contribution is 6.34. The lowest BCUT2D eigenvalue weighted by Gasteiger charge is -2.35. The van der Waals surface area contributed by atoms with Gasteiger partial charge in [0.15, 0.2) is 0 Å². The Morgan fingerprint density at radius 1 is 1.15 bits per heavy atom. The van der Waals surface area contributed by atoms with Crippen LogP contribution in [-0.4, -0.2) is 29.4 Å². The molecule has 7 heteroatoms. The molecule has 0 bridgehead atoms.